The average molecular weight is 335 g/mol. The van der Waals surface area contributed by atoms with Crippen LogP contribution in [0.3, 0.4) is 0 Å². The second-order valence-corrected chi connectivity index (χ2v) is 5.91. The van der Waals surface area contributed by atoms with Crippen molar-refractivity contribution in [3.05, 3.63) is 52.0 Å². The highest BCUT2D eigenvalue weighted by atomic mass is 35.5. The summed E-state index contributed by atoms with van der Waals surface area (Å²) in [6.07, 6.45) is 0.819. The molecule has 0 aromatic heterocycles. The number of nitrogens with two attached hydrogens (primary N) is 1. The Balaban J connectivity index is 1.95. The highest BCUT2D eigenvalue weighted by Gasteiger charge is 2.09. The van der Waals surface area contributed by atoms with Crippen molar-refractivity contribution >= 4 is 17.3 Å². The van der Waals surface area contributed by atoms with Crippen molar-refractivity contribution in [2.75, 3.05) is 26.5 Å². The van der Waals surface area contributed by atoms with Crippen LogP contribution >= 0.6 is 11.6 Å². The second kappa shape index (κ2) is 8.09. The zero-order valence-corrected chi connectivity index (χ0v) is 14.5. The zero-order valence-electron chi connectivity index (χ0n) is 13.8. The highest BCUT2D eigenvalue weighted by Crippen LogP contribution is 2.30. The van der Waals surface area contributed by atoms with Gasteiger partial charge in [0.25, 0.3) is 0 Å². The first-order valence-corrected chi connectivity index (χ1v) is 7.88. The van der Waals surface area contributed by atoms with Crippen LogP contribution < -0.4 is 20.5 Å². The Labute approximate surface area is 142 Å². The van der Waals surface area contributed by atoms with Crippen LogP contribution in [-0.2, 0) is 13.0 Å². The lowest BCUT2D eigenvalue weighted by Gasteiger charge is -2.13. The Hall–Kier alpha value is -1.91. The number of hydrogen-bond acceptors (Lipinski definition) is 4. The van der Waals surface area contributed by atoms with Crippen molar-refractivity contribution < 1.29 is 9.47 Å². The van der Waals surface area contributed by atoms with Gasteiger partial charge in [0.15, 0.2) is 0 Å². The number of anilines is 1. The molecule has 0 aliphatic carbocycles. The molecule has 2 aromatic rings. The van der Waals surface area contributed by atoms with E-state index in [2.05, 4.69) is 11.4 Å². The van der Waals surface area contributed by atoms with Crippen molar-refractivity contribution in [3.8, 4) is 11.5 Å². The minimum Gasteiger partial charge on any atom is -0.496 e. The molecule has 0 spiro atoms. The molecule has 4 nitrogen and oxygen atoms in total. The van der Waals surface area contributed by atoms with Crippen LogP contribution in [0.4, 0.5) is 5.69 Å². The van der Waals surface area contributed by atoms with Crippen molar-refractivity contribution in [3.63, 3.8) is 0 Å². The molecule has 0 aliphatic heterocycles. The molecule has 0 atom stereocenters. The van der Waals surface area contributed by atoms with Gasteiger partial charge in [0.2, 0.25) is 0 Å². The molecule has 5 heteroatoms. The number of rotatable bonds is 7. The van der Waals surface area contributed by atoms with Crippen LogP contribution in [0, 0.1) is 6.92 Å². The molecule has 2 aromatic carbocycles. The van der Waals surface area contributed by atoms with E-state index in [0.29, 0.717) is 11.4 Å². The molecule has 0 aliphatic rings. The van der Waals surface area contributed by atoms with Gasteiger partial charge in [0.05, 0.1) is 19.9 Å². The number of aryl methyl sites for hydroxylation is 1. The largest absolute Gasteiger partial charge is 0.496 e. The van der Waals surface area contributed by atoms with Gasteiger partial charge >= 0.3 is 0 Å². The molecule has 0 unspecified atom stereocenters. The van der Waals surface area contributed by atoms with Crippen LogP contribution in [-0.4, -0.2) is 20.8 Å². The smallest absolute Gasteiger partial charge is 0.142 e. The van der Waals surface area contributed by atoms with E-state index in [0.717, 1.165) is 35.8 Å². The maximum Gasteiger partial charge on any atom is 0.142 e. The first-order valence-electron chi connectivity index (χ1n) is 7.50. The summed E-state index contributed by atoms with van der Waals surface area (Å²) in [4.78, 5) is 0. The van der Waals surface area contributed by atoms with E-state index < -0.39 is 0 Å². The predicted molar refractivity (Wildman–Crippen MR) is 95.6 cm³/mol. The summed E-state index contributed by atoms with van der Waals surface area (Å²) in [6, 6.07) is 9.80. The standard InChI is InChI=1S/C18H23ClN2O2/c1-12-6-13(8-15(19)7-12)11-21-5-4-14-9-18(23-3)16(20)10-17(14)22-2/h6-10,21H,4-5,11,20H2,1-3H3. The Morgan fingerprint density at radius 2 is 1.78 bits per heavy atom. The molecule has 2 rings (SSSR count). The number of methoxy groups -OCH3 is 2. The van der Waals surface area contributed by atoms with Gasteiger partial charge in [-0.3, -0.25) is 0 Å². The number of halogens is 1. The molecule has 0 fully saturated rings. The quantitative estimate of drug-likeness (QED) is 0.600. The fourth-order valence-corrected chi connectivity index (χ4v) is 2.86. The average Bonchev–Trinajstić information content (AvgIpc) is 2.51. The number of nitrogens with one attached hydrogen (secondary N) is 1. The van der Waals surface area contributed by atoms with E-state index in [1.807, 2.05) is 25.1 Å². The molecular formula is C18H23ClN2O2. The molecule has 0 saturated heterocycles. The predicted octanol–water partition coefficient (Wildman–Crippen LogP) is 3.58. The van der Waals surface area contributed by atoms with Crippen molar-refractivity contribution in [2.24, 2.45) is 0 Å². The van der Waals surface area contributed by atoms with Crippen molar-refractivity contribution in [2.45, 2.75) is 19.9 Å². The van der Waals surface area contributed by atoms with Crippen LogP contribution in [0.5, 0.6) is 11.5 Å². The third kappa shape index (κ3) is 4.78. The lowest BCUT2D eigenvalue weighted by atomic mass is 10.1. The van der Waals surface area contributed by atoms with Crippen LogP contribution in [0.1, 0.15) is 16.7 Å². The first-order chi connectivity index (χ1) is 11.0. The number of hydrogen-bond donors (Lipinski definition) is 2. The fraction of sp³-hybridized carbons (Fsp3) is 0.333. The monoisotopic (exact) mass is 334 g/mol. The van der Waals surface area contributed by atoms with E-state index in [1.165, 1.54) is 11.1 Å². The van der Waals surface area contributed by atoms with E-state index in [4.69, 9.17) is 26.8 Å². The van der Waals surface area contributed by atoms with Gasteiger partial charge in [-0.25, -0.2) is 0 Å². The van der Waals surface area contributed by atoms with Gasteiger partial charge in [0.1, 0.15) is 11.5 Å². The summed E-state index contributed by atoms with van der Waals surface area (Å²) < 4.78 is 10.7. The van der Waals surface area contributed by atoms with Gasteiger partial charge in [-0.15, -0.1) is 0 Å². The summed E-state index contributed by atoms with van der Waals surface area (Å²) in [7, 11) is 3.26. The number of benzene rings is 2. The maximum absolute atomic E-state index is 6.08. The zero-order chi connectivity index (χ0) is 16.8. The highest BCUT2D eigenvalue weighted by molar-refractivity contribution is 6.30. The Morgan fingerprint density at radius 1 is 1.04 bits per heavy atom. The van der Waals surface area contributed by atoms with E-state index in [1.54, 1.807) is 20.3 Å². The first kappa shape index (κ1) is 17.4. The van der Waals surface area contributed by atoms with E-state index in [-0.39, 0.29) is 0 Å². The third-order valence-electron chi connectivity index (χ3n) is 3.63. The van der Waals surface area contributed by atoms with Gasteiger partial charge in [-0.2, -0.15) is 0 Å². The molecule has 3 N–H and O–H groups in total. The second-order valence-electron chi connectivity index (χ2n) is 5.47. The van der Waals surface area contributed by atoms with Crippen LogP contribution in [0.15, 0.2) is 30.3 Å². The SMILES string of the molecule is COc1cc(CCNCc2cc(C)cc(Cl)c2)c(OC)cc1N. The Kier molecular flexibility index (Phi) is 6.13. The van der Waals surface area contributed by atoms with Crippen LogP contribution in [0.25, 0.3) is 0 Å². The lowest BCUT2D eigenvalue weighted by molar-refractivity contribution is 0.400. The fourth-order valence-electron chi connectivity index (χ4n) is 2.55. The molecular weight excluding hydrogens is 312 g/mol. The Morgan fingerprint density at radius 3 is 2.43 bits per heavy atom. The molecule has 0 heterocycles. The van der Waals surface area contributed by atoms with Crippen molar-refractivity contribution in [1.29, 1.82) is 0 Å². The molecule has 124 valence electrons. The summed E-state index contributed by atoms with van der Waals surface area (Å²) in [5.41, 5.74) is 9.89. The molecule has 0 radical (unpaired) electrons. The summed E-state index contributed by atoms with van der Waals surface area (Å²) in [6.45, 7) is 3.63. The molecule has 0 amide bonds. The molecule has 23 heavy (non-hydrogen) atoms. The third-order valence-corrected chi connectivity index (χ3v) is 3.85. The normalized spacial score (nSPS) is 10.6. The number of ether oxygens (including phenoxy) is 2. The summed E-state index contributed by atoms with van der Waals surface area (Å²) in [5.74, 6) is 1.45. The van der Waals surface area contributed by atoms with Gasteiger partial charge in [-0.05, 0) is 54.8 Å². The summed E-state index contributed by atoms with van der Waals surface area (Å²) in [5, 5.41) is 4.19. The molecule has 0 bridgehead atoms. The minimum atomic E-state index is 0.579. The Bertz CT molecular complexity index is 654. The molecule has 0 saturated carbocycles. The maximum atomic E-state index is 6.08. The van der Waals surface area contributed by atoms with E-state index >= 15 is 0 Å². The topological polar surface area (TPSA) is 56.5 Å². The lowest BCUT2D eigenvalue weighted by Crippen LogP contribution is -2.17. The van der Waals surface area contributed by atoms with Gasteiger partial charge in [-0.1, -0.05) is 17.7 Å². The number of nitrogen functional groups attached to an aromatic ring is 1. The minimum absolute atomic E-state index is 0.579. The van der Waals surface area contributed by atoms with Gasteiger partial charge in [0, 0.05) is 17.6 Å². The van der Waals surface area contributed by atoms with E-state index in [9.17, 15) is 0 Å². The van der Waals surface area contributed by atoms with Crippen LogP contribution in [0.2, 0.25) is 5.02 Å². The van der Waals surface area contributed by atoms with Crippen molar-refractivity contribution in [1.82, 2.24) is 5.32 Å². The van der Waals surface area contributed by atoms with Gasteiger partial charge < -0.3 is 20.5 Å². The summed E-state index contributed by atoms with van der Waals surface area (Å²) >= 11 is 6.08.